The lowest BCUT2D eigenvalue weighted by atomic mass is 9.99. The molecule has 2 aliphatic heterocycles. The van der Waals surface area contributed by atoms with Crippen molar-refractivity contribution >= 4 is 40.0 Å². The van der Waals surface area contributed by atoms with E-state index in [1.165, 1.54) is 5.56 Å². The van der Waals surface area contributed by atoms with Gasteiger partial charge in [0.25, 0.3) is 0 Å². The Labute approximate surface area is 202 Å². The quantitative estimate of drug-likeness (QED) is 0.348. The van der Waals surface area contributed by atoms with Gasteiger partial charge >= 0.3 is 0 Å². The number of guanidine groups is 1. The van der Waals surface area contributed by atoms with Crippen LogP contribution in [0.2, 0.25) is 0 Å². The molecule has 2 heterocycles. The van der Waals surface area contributed by atoms with Gasteiger partial charge in [0.1, 0.15) is 0 Å². The molecule has 2 aliphatic rings. The summed E-state index contributed by atoms with van der Waals surface area (Å²) in [5.74, 6) is 1.42. The Balaban J connectivity index is 0.00000272. The lowest BCUT2D eigenvalue weighted by molar-refractivity contribution is 0.477. The normalized spacial score (nSPS) is 20.0. The van der Waals surface area contributed by atoms with Crippen LogP contribution in [0.25, 0.3) is 0 Å². The number of hydrogen-bond acceptors (Lipinski definition) is 3. The zero-order valence-electron chi connectivity index (χ0n) is 17.9. The Morgan fingerprint density at radius 1 is 1.03 bits per heavy atom. The van der Waals surface area contributed by atoms with Gasteiger partial charge in [-0.3, -0.25) is 4.99 Å². The van der Waals surface area contributed by atoms with Crippen LogP contribution in [0.4, 0.5) is 0 Å². The Kier molecular flexibility index (Phi) is 8.35. The van der Waals surface area contributed by atoms with Gasteiger partial charge in [0.05, 0.1) is 4.90 Å². The van der Waals surface area contributed by atoms with Crippen molar-refractivity contribution in [3.05, 3.63) is 65.7 Å². The van der Waals surface area contributed by atoms with Crippen molar-refractivity contribution in [3.8, 4) is 0 Å². The fourth-order valence-electron chi connectivity index (χ4n) is 4.32. The summed E-state index contributed by atoms with van der Waals surface area (Å²) in [7, 11) is -1.55. The molecule has 31 heavy (non-hydrogen) atoms. The first-order valence-electron chi connectivity index (χ1n) is 10.7. The highest BCUT2D eigenvalue weighted by Gasteiger charge is 2.27. The Morgan fingerprint density at radius 3 is 2.35 bits per heavy atom. The van der Waals surface area contributed by atoms with E-state index in [1.54, 1.807) is 16.4 Å². The molecule has 0 amide bonds. The van der Waals surface area contributed by atoms with Crippen LogP contribution >= 0.6 is 24.0 Å². The Morgan fingerprint density at radius 2 is 1.71 bits per heavy atom. The minimum atomic E-state index is -3.36. The van der Waals surface area contributed by atoms with E-state index in [9.17, 15) is 8.42 Å². The van der Waals surface area contributed by atoms with Gasteiger partial charge in [-0.05, 0) is 42.5 Å². The van der Waals surface area contributed by atoms with E-state index in [-0.39, 0.29) is 24.0 Å². The molecular weight excluding hydrogens is 523 g/mol. The fraction of sp³-hybridized carbons (Fsp3) is 0.435. The second-order valence-electron chi connectivity index (χ2n) is 8.00. The van der Waals surface area contributed by atoms with Crippen molar-refractivity contribution in [2.24, 2.45) is 4.99 Å². The van der Waals surface area contributed by atoms with Gasteiger partial charge < -0.3 is 10.2 Å². The third kappa shape index (κ3) is 5.59. The van der Waals surface area contributed by atoms with E-state index in [0.717, 1.165) is 43.9 Å². The molecule has 2 saturated heterocycles. The monoisotopic (exact) mass is 554 g/mol. The third-order valence-electron chi connectivity index (χ3n) is 6.05. The number of likely N-dealkylation sites (tertiary alicyclic amines) is 1. The molecule has 0 aromatic heterocycles. The van der Waals surface area contributed by atoms with Crippen LogP contribution < -0.4 is 5.32 Å². The maximum absolute atomic E-state index is 12.7. The van der Waals surface area contributed by atoms with E-state index in [0.29, 0.717) is 30.4 Å². The highest BCUT2D eigenvalue weighted by atomic mass is 127. The van der Waals surface area contributed by atoms with E-state index < -0.39 is 10.0 Å². The molecule has 8 heteroatoms. The van der Waals surface area contributed by atoms with E-state index in [4.69, 9.17) is 0 Å². The molecule has 0 radical (unpaired) electrons. The number of aliphatic imine (C=N–C) groups is 1. The first-order chi connectivity index (χ1) is 14.6. The zero-order chi connectivity index (χ0) is 21.0. The number of nitrogens with zero attached hydrogens (tertiary/aromatic N) is 3. The van der Waals surface area contributed by atoms with Crippen LogP contribution in [0.5, 0.6) is 0 Å². The second kappa shape index (κ2) is 10.8. The van der Waals surface area contributed by atoms with Crippen LogP contribution in [0.15, 0.2) is 64.5 Å². The molecule has 6 nitrogen and oxygen atoms in total. The molecule has 0 saturated carbocycles. The lowest BCUT2D eigenvalue weighted by Crippen LogP contribution is -2.39. The smallest absolute Gasteiger partial charge is 0.243 e. The van der Waals surface area contributed by atoms with Gasteiger partial charge in [-0.2, -0.15) is 4.31 Å². The van der Waals surface area contributed by atoms with E-state index in [1.807, 2.05) is 19.2 Å². The maximum Gasteiger partial charge on any atom is 0.243 e. The average molecular weight is 554 g/mol. The van der Waals surface area contributed by atoms with Crippen molar-refractivity contribution in [1.82, 2.24) is 14.5 Å². The highest BCUT2D eigenvalue weighted by molar-refractivity contribution is 14.0. The number of hydrogen-bond donors (Lipinski definition) is 1. The van der Waals surface area contributed by atoms with Gasteiger partial charge in [-0.25, -0.2) is 8.42 Å². The van der Waals surface area contributed by atoms with Crippen LogP contribution in [0.1, 0.15) is 36.3 Å². The standard InChI is InChI=1S/C23H30N4O2S.HI/c1-24-23(26-16-13-21(18-26)20-7-3-2-4-8-20)25-17-19-9-11-22(12-10-19)30(28,29)27-14-5-6-15-27;/h2-4,7-12,21H,5-6,13-18H2,1H3,(H,24,25);1H. The molecule has 4 rings (SSSR count). The average Bonchev–Trinajstić information content (AvgIpc) is 3.48. The summed E-state index contributed by atoms with van der Waals surface area (Å²) in [5, 5.41) is 3.43. The molecule has 168 valence electrons. The maximum atomic E-state index is 12.7. The van der Waals surface area contributed by atoms with Gasteiger partial charge in [0.2, 0.25) is 10.0 Å². The summed E-state index contributed by atoms with van der Waals surface area (Å²) in [4.78, 5) is 7.12. The van der Waals surface area contributed by atoms with Crippen molar-refractivity contribution in [1.29, 1.82) is 0 Å². The molecule has 1 unspecified atom stereocenters. The summed E-state index contributed by atoms with van der Waals surface area (Å²) < 4.78 is 26.9. The largest absolute Gasteiger partial charge is 0.352 e. The van der Waals surface area contributed by atoms with Crippen molar-refractivity contribution < 1.29 is 8.42 Å². The van der Waals surface area contributed by atoms with Gasteiger partial charge in [0.15, 0.2) is 5.96 Å². The SMILES string of the molecule is CN=C(NCc1ccc(S(=O)(=O)N2CCCC2)cc1)N1CCC(c2ccccc2)C1.I. The topological polar surface area (TPSA) is 65.0 Å². The predicted octanol–water partition coefficient (Wildman–Crippen LogP) is 3.65. The van der Waals surface area contributed by atoms with Gasteiger partial charge in [0, 0.05) is 45.7 Å². The number of rotatable bonds is 5. The van der Waals surface area contributed by atoms with Crippen molar-refractivity contribution in [3.63, 3.8) is 0 Å². The minimum absolute atomic E-state index is 0. The third-order valence-corrected chi connectivity index (χ3v) is 7.96. The molecule has 1 atom stereocenters. The van der Waals surface area contributed by atoms with Gasteiger partial charge in [-0.15, -0.1) is 24.0 Å². The molecule has 2 aromatic rings. The lowest BCUT2D eigenvalue weighted by Gasteiger charge is -2.22. The van der Waals surface area contributed by atoms with Crippen molar-refractivity contribution in [2.45, 2.75) is 36.6 Å². The molecular formula is C23H31IN4O2S. The van der Waals surface area contributed by atoms with Crippen LogP contribution in [-0.2, 0) is 16.6 Å². The molecule has 0 bridgehead atoms. The highest BCUT2D eigenvalue weighted by Crippen LogP contribution is 2.27. The Hall–Kier alpha value is -1.65. The van der Waals surface area contributed by atoms with E-state index >= 15 is 0 Å². The van der Waals surface area contributed by atoms with Crippen LogP contribution in [0, 0.1) is 0 Å². The molecule has 2 aromatic carbocycles. The molecule has 0 spiro atoms. The predicted molar refractivity (Wildman–Crippen MR) is 135 cm³/mol. The number of nitrogens with one attached hydrogen (secondary N) is 1. The van der Waals surface area contributed by atoms with Crippen molar-refractivity contribution in [2.75, 3.05) is 33.2 Å². The van der Waals surface area contributed by atoms with Crippen LogP contribution in [-0.4, -0.2) is 56.8 Å². The number of halogens is 1. The molecule has 1 N–H and O–H groups in total. The van der Waals surface area contributed by atoms with E-state index in [2.05, 4.69) is 45.5 Å². The summed E-state index contributed by atoms with van der Waals surface area (Å²) in [6.45, 7) is 3.80. The summed E-state index contributed by atoms with van der Waals surface area (Å²) in [6.07, 6.45) is 3.01. The first kappa shape index (κ1) is 24.0. The number of benzene rings is 2. The summed E-state index contributed by atoms with van der Waals surface area (Å²) in [5.41, 5.74) is 2.42. The fourth-order valence-corrected chi connectivity index (χ4v) is 5.84. The van der Waals surface area contributed by atoms with Gasteiger partial charge in [-0.1, -0.05) is 42.5 Å². The Bertz CT molecular complexity index is 974. The summed E-state index contributed by atoms with van der Waals surface area (Å²) >= 11 is 0. The molecule has 0 aliphatic carbocycles. The number of sulfonamides is 1. The van der Waals surface area contributed by atoms with Crippen LogP contribution in [0.3, 0.4) is 0 Å². The minimum Gasteiger partial charge on any atom is -0.352 e. The summed E-state index contributed by atoms with van der Waals surface area (Å²) in [6, 6.07) is 17.9. The zero-order valence-corrected chi connectivity index (χ0v) is 21.1. The second-order valence-corrected chi connectivity index (χ2v) is 9.94. The first-order valence-corrected chi connectivity index (χ1v) is 12.1. The molecule has 2 fully saturated rings.